The third-order valence-corrected chi connectivity index (χ3v) is 6.60. The first kappa shape index (κ1) is 22.2. The number of aliphatic hydroxyl groups is 1. The van der Waals surface area contributed by atoms with E-state index < -0.39 is 23.4 Å². The van der Waals surface area contributed by atoms with Crippen LogP contribution in [0.1, 0.15) is 35.5 Å². The Kier molecular flexibility index (Phi) is 5.63. The Labute approximate surface area is 185 Å². The molecule has 4 N–H and O–H groups in total. The fourth-order valence-corrected chi connectivity index (χ4v) is 4.82. The highest BCUT2D eigenvalue weighted by atomic mass is 32.1. The predicted octanol–water partition coefficient (Wildman–Crippen LogP) is 4.14. The quantitative estimate of drug-likeness (QED) is 0.524. The molecule has 7 nitrogen and oxygen atoms in total. The van der Waals surface area contributed by atoms with E-state index in [9.17, 15) is 23.1 Å². The van der Waals surface area contributed by atoms with Crippen molar-refractivity contribution >= 4 is 28.9 Å². The molecular weight excluding hydrogens is 443 g/mol. The molecule has 1 saturated carbocycles. The van der Waals surface area contributed by atoms with Gasteiger partial charge in [0.05, 0.1) is 4.88 Å². The van der Waals surface area contributed by atoms with E-state index in [1.807, 2.05) is 13.0 Å². The van der Waals surface area contributed by atoms with Gasteiger partial charge in [0, 0.05) is 24.0 Å². The number of aromatic nitrogens is 3. The van der Waals surface area contributed by atoms with Crippen LogP contribution in [-0.4, -0.2) is 26.0 Å². The molecule has 168 valence electrons. The number of carbonyl (C=O) groups is 1. The Morgan fingerprint density at radius 1 is 1.31 bits per heavy atom. The lowest BCUT2D eigenvalue weighted by atomic mass is 10.0. The normalized spacial score (nSPS) is 21.0. The van der Waals surface area contributed by atoms with Crippen molar-refractivity contribution in [3.05, 3.63) is 52.9 Å². The van der Waals surface area contributed by atoms with Crippen molar-refractivity contribution in [3.8, 4) is 10.4 Å². The van der Waals surface area contributed by atoms with Crippen LogP contribution in [0.3, 0.4) is 0 Å². The minimum absolute atomic E-state index is 0.167. The number of benzene rings is 1. The van der Waals surface area contributed by atoms with Gasteiger partial charge in [-0.15, -0.1) is 11.3 Å². The Balaban J connectivity index is 1.59. The second kappa shape index (κ2) is 8.14. The largest absolute Gasteiger partial charge is 0.433 e. The lowest BCUT2D eigenvalue weighted by Crippen LogP contribution is -2.26. The van der Waals surface area contributed by atoms with E-state index in [1.54, 1.807) is 18.3 Å². The molecule has 1 fully saturated rings. The Bertz CT molecular complexity index is 1170. The highest BCUT2D eigenvalue weighted by molar-refractivity contribution is 7.15. The van der Waals surface area contributed by atoms with E-state index in [1.165, 1.54) is 11.3 Å². The summed E-state index contributed by atoms with van der Waals surface area (Å²) in [5.74, 6) is -0.974. The lowest BCUT2D eigenvalue weighted by Gasteiger charge is -2.19. The number of aryl methyl sites for hydroxylation is 1. The standard InChI is InChI=1S/C21H20F3N5O2S/c1-11-6-13(8-14(7-11)28-19-26-5-3-16(29-19)21(22,23)24)15-10-27-18(32-15)20(31)4-2-12(9-20)17(25)30/h3,5-8,10,12,31H,2,4,9H2,1H3,(H2,25,30)(H,26,28,29)/t12-,20+/m0/s1. The van der Waals surface area contributed by atoms with Gasteiger partial charge in [-0.05, 0) is 55.5 Å². The maximum atomic E-state index is 12.9. The van der Waals surface area contributed by atoms with Crippen molar-refractivity contribution in [3.63, 3.8) is 0 Å². The van der Waals surface area contributed by atoms with Crippen molar-refractivity contribution in [2.24, 2.45) is 11.7 Å². The van der Waals surface area contributed by atoms with E-state index in [-0.39, 0.29) is 18.3 Å². The third kappa shape index (κ3) is 4.58. The maximum Gasteiger partial charge on any atom is 0.433 e. The van der Waals surface area contributed by atoms with Gasteiger partial charge >= 0.3 is 6.18 Å². The molecule has 2 aromatic heterocycles. The minimum Gasteiger partial charge on any atom is -0.383 e. The van der Waals surface area contributed by atoms with Crippen LogP contribution in [0.25, 0.3) is 10.4 Å². The van der Waals surface area contributed by atoms with Crippen LogP contribution in [0.4, 0.5) is 24.8 Å². The van der Waals surface area contributed by atoms with Crippen LogP contribution in [0.15, 0.2) is 36.7 Å². The second-order valence-electron chi connectivity index (χ2n) is 7.88. The van der Waals surface area contributed by atoms with E-state index in [0.29, 0.717) is 23.5 Å². The fraction of sp³-hybridized carbons (Fsp3) is 0.333. The molecule has 2 atom stereocenters. The summed E-state index contributed by atoms with van der Waals surface area (Å²) in [4.78, 5) is 24.0. The molecule has 0 aliphatic heterocycles. The predicted molar refractivity (Wildman–Crippen MR) is 113 cm³/mol. The summed E-state index contributed by atoms with van der Waals surface area (Å²) < 4.78 is 38.7. The molecule has 11 heteroatoms. The molecule has 0 saturated heterocycles. The van der Waals surface area contributed by atoms with Crippen molar-refractivity contribution in [2.45, 2.75) is 38.0 Å². The molecule has 0 radical (unpaired) electrons. The molecule has 1 aliphatic rings. The highest BCUT2D eigenvalue weighted by Gasteiger charge is 2.43. The van der Waals surface area contributed by atoms with Gasteiger partial charge in [0.1, 0.15) is 16.3 Å². The van der Waals surface area contributed by atoms with Crippen molar-refractivity contribution in [1.29, 1.82) is 0 Å². The molecular formula is C21H20F3N5O2S. The number of alkyl halides is 3. The van der Waals surface area contributed by atoms with Gasteiger partial charge in [0.15, 0.2) is 0 Å². The van der Waals surface area contributed by atoms with Gasteiger partial charge in [-0.3, -0.25) is 4.79 Å². The molecule has 2 heterocycles. The topological polar surface area (TPSA) is 114 Å². The van der Waals surface area contributed by atoms with Crippen LogP contribution < -0.4 is 11.1 Å². The first-order valence-electron chi connectivity index (χ1n) is 9.81. The third-order valence-electron chi connectivity index (χ3n) is 5.36. The summed E-state index contributed by atoms with van der Waals surface area (Å²) in [5, 5.41) is 14.3. The summed E-state index contributed by atoms with van der Waals surface area (Å²) in [6, 6.07) is 6.22. The average molecular weight is 463 g/mol. The molecule has 0 unspecified atom stereocenters. The molecule has 4 rings (SSSR count). The van der Waals surface area contributed by atoms with Crippen LogP contribution in [0.5, 0.6) is 0 Å². The number of rotatable bonds is 5. The van der Waals surface area contributed by atoms with Gasteiger partial charge in [0.2, 0.25) is 11.9 Å². The number of carbonyl (C=O) groups excluding carboxylic acids is 1. The number of primary amides is 1. The number of hydrogen-bond donors (Lipinski definition) is 3. The summed E-state index contributed by atoms with van der Waals surface area (Å²) in [7, 11) is 0. The molecule has 1 amide bonds. The van der Waals surface area contributed by atoms with Crippen LogP contribution in [0, 0.1) is 12.8 Å². The van der Waals surface area contributed by atoms with Crippen molar-refractivity contribution in [2.75, 3.05) is 5.32 Å². The van der Waals surface area contributed by atoms with Crippen molar-refractivity contribution < 1.29 is 23.1 Å². The van der Waals surface area contributed by atoms with Crippen LogP contribution >= 0.6 is 11.3 Å². The zero-order chi connectivity index (χ0) is 23.1. The smallest absolute Gasteiger partial charge is 0.383 e. The monoisotopic (exact) mass is 463 g/mol. The fourth-order valence-electron chi connectivity index (χ4n) is 3.79. The zero-order valence-corrected chi connectivity index (χ0v) is 17.8. The van der Waals surface area contributed by atoms with Gasteiger partial charge in [-0.25, -0.2) is 15.0 Å². The molecule has 0 spiro atoms. The Morgan fingerprint density at radius 2 is 2.09 bits per heavy atom. The van der Waals surface area contributed by atoms with Crippen LogP contribution in [0.2, 0.25) is 0 Å². The lowest BCUT2D eigenvalue weighted by molar-refractivity contribution is -0.141. The average Bonchev–Trinajstić information content (AvgIpc) is 3.35. The summed E-state index contributed by atoms with van der Waals surface area (Å²) in [6.07, 6.45) is -0.731. The second-order valence-corrected chi connectivity index (χ2v) is 8.91. The minimum atomic E-state index is -4.57. The Morgan fingerprint density at radius 3 is 2.78 bits per heavy atom. The summed E-state index contributed by atoms with van der Waals surface area (Å²) in [6.45, 7) is 1.85. The number of nitrogens with two attached hydrogens (primary N) is 1. The number of hydrogen-bond acceptors (Lipinski definition) is 7. The maximum absolute atomic E-state index is 12.9. The number of halogens is 3. The van der Waals surface area contributed by atoms with E-state index in [0.717, 1.165) is 28.3 Å². The molecule has 32 heavy (non-hydrogen) atoms. The Hall–Kier alpha value is -3.05. The SMILES string of the molecule is Cc1cc(Nc2nccc(C(F)(F)F)n2)cc(-c2cnc([C@@]3(O)CC[C@H](C(N)=O)C3)s2)c1. The molecule has 3 aromatic rings. The number of amides is 1. The number of nitrogens with one attached hydrogen (secondary N) is 1. The number of anilines is 2. The summed E-state index contributed by atoms with van der Waals surface area (Å²) in [5.41, 5.74) is 5.30. The van der Waals surface area contributed by atoms with Gasteiger partial charge in [-0.2, -0.15) is 13.2 Å². The van der Waals surface area contributed by atoms with Gasteiger partial charge in [-0.1, -0.05) is 6.07 Å². The van der Waals surface area contributed by atoms with E-state index in [2.05, 4.69) is 20.3 Å². The number of thiazole rings is 1. The summed E-state index contributed by atoms with van der Waals surface area (Å²) >= 11 is 1.30. The molecule has 1 aliphatic carbocycles. The first-order chi connectivity index (χ1) is 15.0. The van der Waals surface area contributed by atoms with Crippen molar-refractivity contribution in [1.82, 2.24) is 15.0 Å². The molecule has 1 aromatic carbocycles. The van der Waals surface area contributed by atoms with E-state index in [4.69, 9.17) is 5.73 Å². The number of nitrogens with zero attached hydrogens (tertiary/aromatic N) is 3. The van der Waals surface area contributed by atoms with Crippen LogP contribution in [-0.2, 0) is 16.6 Å². The van der Waals surface area contributed by atoms with Gasteiger partial charge < -0.3 is 16.2 Å². The van der Waals surface area contributed by atoms with E-state index >= 15 is 0 Å². The highest BCUT2D eigenvalue weighted by Crippen LogP contribution is 2.45. The molecule has 0 bridgehead atoms. The van der Waals surface area contributed by atoms with Gasteiger partial charge in [0.25, 0.3) is 0 Å². The zero-order valence-electron chi connectivity index (χ0n) is 17.0. The first-order valence-corrected chi connectivity index (χ1v) is 10.6.